The Bertz CT molecular complexity index is 381. The second-order valence-electron chi connectivity index (χ2n) is 2.79. The number of ether oxygens (including phenoxy) is 2. The van der Waals surface area contributed by atoms with Gasteiger partial charge in [-0.25, -0.2) is 13.6 Å². The van der Waals surface area contributed by atoms with Gasteiger partial charge in [0.15, 0.2) is 0 Å². The van der Waals surface area contributed by atoms with Crippen molar-refractivity contribution in [2.45, 2.75) is 12.8 Å². The summed E-state index contributed by atoms with van der Waals surface area (Å²) >= 11 is 0. The van der Waals surface area contributed by atoms with Crippen LogP contribution >= 0.6 is 0 Å². The number of hydrogen-bond donors (Lipinski definition) is 0. The molecule has 1 aromatic rings. The maximum Gasteiger partial charge on any atom is 0.356 e. The van der Waals surface area contributed by atoms with E-state index in [2.05, 4.69) is 14.6 Å². The van der Waals surface area contributed by atoms with E-state index in [4.69, 9.17) is 0 Å². The number of aryl methyl sites for hydroxylation is 1. The molecule has 0 saturated heterocycles. The van der Waals surface area contributed by atoms with E-state index in [0.717, 1.165) is 17.9 Å². The second-order valence-corrected chi connectivity index (χ2v) is 2.79. The Morgan fingerprint density at radius 3 is 2.62 bits per heavy atom. The van der Waals surface area contributed by atoms with Gasteiger partial charge >= 0.3 is 12.4 Å². The number of aromatic nitrogens is 2. The van der Waals surface area contributed by atoms with Crippen molar-refractivity contribution in [3.8, 4) is 5.88 Å². The van der Waals surface area contributed by atoms with E-state index in [1.165, 1.54) is 7.05 Å². The average Bonchev–Trinajstić information content (AvgIpc) is 2.58. The fourth-order valence-corrected chi connectivity index (χ4v) is 0.961. The summed E-state index contributed by atoms with van der Waals surface area (Å²) in [5.41, 5.74) is -0.0287. The zero-order valence-electron chi connectivity index (χ0n) is 8.49. The number of esters is 1. The molecule has 0 fully saturated rings. The molecular formula is C8H9F3N2O3. The lowest BCUT2D eigenvalue weighted by Crippen LogP contribution is -2.19. The van der Waals surface area contributed by atoms with Gasteiger partial charge in [-0.2, -0.15) is 4.39 Å². The van der Waals surface area contributed by atoms with Crippen molar-refractivity contribution >= 4 is 5.97 Å². The minimum Gasteiger partial charge on any atom is -0.464 e. The third kappa shape index (κ3) is 2.65. The van der Waals surface area contributed by atoms with Crippen molar-refractivity contribution in [1.29, 1.82) is 0 Å². The Labute approximate surface area is 88.7 Å². The molecule has 90 valence electrons. The number of alkyl halides is 3. The van der Waals surface area contributed by atoms with Gasteiger partial charge in [-0.1, -0.05) is 0 Å². The predicted octanol–water partition coefficient (Wildman–Crippen LogP) is 1.15. The number of hydrogen-bond acceptors (Lipinski definition) is 4. The highest BCUT2D eigenvalue weighted by molar-refractivity contribution is 5.87. The van der Waals surface area contributed by atoms with E-state index >= 15 is 0 Å². The largest absolute Gasteiger partial charge is 0.464 e. The van der Waals surface area contributed by atoms with Crippen LogP contribution in [0.2, 0.25) is 0 Å². The van der Waals surface area contributed by atoms with Crippen LogP contribution in [0.3, 0.4) is 0 Å². The summed E-state index contributed by atoms with van der Waals surface area (Å²) in [6.45, 7) is 0. The second kappa shape index (κ2) is 4.86. The Hall–Kier alpha value is -1.73. The van der Waals surface area contributed by atoms with Gasteiger partial charge in [0.1, 0.15) is 5.69 Å². The van der Waals surface area contributed by atoms with Crippen LogP contribution in [-0.4, -0.2) is 35.6 Å². The SMILES string of the molecule is COC(=O)c1cc(OC(F)C(F)F)nn1C. The van der Waals surface area contributed by atoms with Crippen molar-refractivity contribution in [2.24, 2.45) is 7.05 Å². The maximum atomic E-state index is 12.5. The third-order valence-corrected chi connectivity index (χ3v) is 1.68. The van der Waals surface area contributed by atoms with E-state index in [1.807, 2.05) is 0 Å². The first-order chi connectivity index (χ1) is 7.45. The molecule has 0 bridgehead atoms. The summed E-state index contributed by atoms with van der Waals surface area (Å²) in [5.74, 6) is -1.13. The van der Waals surface area contributed by atoms with Crippen LogP contribution < -0.4 is 4.74 Å². The molecule has 0 radical (unpaired) electrons. The zero-order chi connectivity index (χ0) is 12.3. The first-order valence-corrected chi connectivity index (χ1v) is 4.17. The topological polar surface area (TPSA) is 53.4 Å². The Morgan fingerprint density at radius 1 is 1.50 bits per heavy atom. The summed E-state index contributed by atoms with van der Waals surface area (Å²) in [7, 11) is 2.52. The first kappa shape index (κ1) is 12.3. The van der Waals surface area contributed by atoms with Crippen molar-refractivity contribution in [1.82, 2.24) is 9.78 Å². The molecule has 1 aromatic heterocycles. The lowest BCUT2D eigenvalue weighted by molar-refractivity contribution is -0.0692. The molecule has 0 aliphatic heterocycles. The minimum atomic E-state index is -3.27. The van der Waals surface area contributed by atoms with E-state index in [1.54, 1.807) is 0 Å². The van der Waals surface area contributed by atoms with E-state index in [0.29, 0.717) is 0 Å². The zero-order valence-corrected chi connectivity index (χ0v) is 8.49. The number of methoxy groups -OCH3 is 1. The fraction of sp³-hybridized carbons (Fsp3) is 0.500. The molecule has 8 heteroatoms. The highest BCUT2D eigenvalue weighted by Gasteiger charge is 2.23. The van der Waals surface area contributed by atoms with Gasteiger partial charge in [0.25, 0.3) is 6.36 Å². The van der Waals surface area contributed by atoms with E-state index in [9.17, 15) is 18.0 Å². The first-order valence-electron chi connectivity index (χ1n) is 4.17. The number of carbonyl (C=O) groups excluding carboxylic acids is 1. The molecule has 0 N–H and O–H groups in total. The highest BCUT2D eigenvalue weighted by Crippen LogP contribution is 2.16. The third-order valence-electron chi connectivity index (χ3n) is 1.68. The van der Waals surface area contributed by atoms with Crippen molar-refractivity contribution in [2.75, 3.05) is 7.11 Å². The van der Waals surface area contributed by atoms with Crippen molar-refractivity contribution in [3.05, 3.63) is 11.8 Å². The number of halogens is 3. The minimum absolute atomic E-state index is 0.0287. The summed E-state index contributed by atoms with van der Waals surface area (Å²) in [6.07, 6.45) is -6.05. The van der Waals surface area contributed by atoms with Crippen LogP contribution in [0, 0.1) is 0 Å². The van der Waals surface area contributed by atoms with Crippen LogP contribution in [0.4, 0.5) is 13.2 Å². The van der Waals surface area contributed by atoms with Gasteiger partial charge in [-0.05, 0) is 0 Å². The molecule has 0 aliphatic rings. The maximum absolute atomic E-state index is 12.5. The molecule has 1 atom stereocenters. The molecule has 0 aliphatic carbocycles. The fourth-order valence-electron chi connectivity index (χ4n) is 0.961. The molecule has 1 heterocycles. The molecule has 5 nitrogen and oxygen atoms in total. The number of carbonyl (C=O) groups is 1. The summed E-state index contributed by atoms with van der Waals surface area (Å²) < 4.78 is 45.7. The van der Waals surface area contributed by atoms with Crippen LogP contribution in [0.15, 0.2) is 6.07 Å². The van der Waals surface area contributed by atoms with Crippen molar-refractivity contribution in [3.63, 3.8) is 0 Å². The van der Waals surface area contributed by atoms with Crippen LogP contribution in [0.5, 0.6) is 5.88 Å². The standard InChI is InChI=1S/C8H9F3N2O3/c1-13-4(8(14)15-2)3-5(12-13)16-7(11)6(9)10/h3,6-7H,1-2H3. The highest BCUT2D eigenvalue weighted by atomic mass is 19.3. The molecular weight excluding hydrogens is 229 g/mol. The van der Waals surface area contributed by atoms with Gasteiger partial charge in [-0.15, -0.1) is 5.10 Å². The van der Waals surface area contributed by atoms with Crippen molar-refractivity contribution < 1.29 is 27.4 Å². The Morgan fingerprint density at radius 2 is 2.12 bits per heavy atom. The summed E-state index contributed by atoms with van der Waals surface area (Å²) in [4.78, 5) is 11.1. The lowest BCUT2D eigenvalue weighted by Gasteiger charge is -2.06. The Kier molecular flexibility index (Phi) is 3.75. The molecule has 0 saturated carbocycles. The van der Waals surface area contributed by atoms with Crippen LogP contribution in [-0.2, 0) is 11.8 Å². The molecule has 0 amide bonds. The van der Waals surface area contributed by atoms with Crippen LogP contribution in [0.1, 0.15) is 10.5 Å². The smallest absolute Gasteiger partial charge is 0.356 e. The summed E-state index contributed by atoms with van der Waals surface area (Å²) in [6, 6.07) is 1.01. The lowest BCUT2D eigenvalue weighted by atomic mass is 10.4. The van der Waals surface area contributed by atoms with Gasteiger partial charge < -0.3 is 9.47 Å². The molecule has 1 unspecified atom stereocenters. The normalized spacial score (nSPS) is 12.6. The average molecular weight is 238 g/mol. The molecule has 16 heavy (non-hydrogen) atoms. The monoisotopic (exact) mass is 238 g/mol. The van der Waals surface area contributed by atoms with Gasteiger partial charge in [0, 0.05) is 13.1 Å². The number of rotatable bonds is 4. The molecule has 1 rings (SSSR count). The van der Waals surface area contributed by atoms with Gasteiger partial charge in [0.2, 0.25) is 5.88 Å². The molecule has 0 aromatic carbocycles. The molecule has 0 spiro atoms. The quantitative estimate of drug-likeness (QED) is 0.738. The Balaban J connectivity index is 2.81. The van der Waals surface area contributed by atoms with Gasteiger partial charge in [0.05, 0.1) is 7.11 Å². The van der Waals surface area contributed by atoms with E-state index < -0.39 is 24.6 Å². The van der Waals surface area contributed by atoms with E-state index in [-0.39, 0.29) is 5.69 Å². The number of nitrogens with zero attached hydrogens (tertiary/aromatic N) is 2. The summed E-state index contributed by atoms with van der Waals surface area (Å²) in [5, 5.41) is 3.52. The predicted molar refractivity (Wildman–Crippen MR) is 46.1 cm³/mol. The van der Waals surface area contributed by atoms with Gasteiger partial charge in [-0.3, -0.25) is 4.68 Å². The van der Waals surface area contributed by atoms with Crippen LogP contribution in [0.25, 0.3) is 0 Å².